The lowest BCUT2D eigenvalue weighted by Gasteiger charge is -2.34. The molecule has 1 aliphatic rings. The number of fused-ring (bicyclic) bond motifs is 1. The van der Waals surface area contributed by atoms with Gasteiger partial charge in [0.15, 0.2) is 40.6 Å². The molecule has 264 valence electrons. The van der Waals surface area contributed by atoms with Crippen LogP contribution in [0, 0.1) is 0 Å². The van der Waals surface area contributed by atoms with Crippen molar-refractivity contribution in [2.75, 3.05) is 7.11 Å². The quantitative estimate of drug-likeness (QED) is 0.0612. The van der Waals surface area contributed by atoms with Gasteiger partial charge in [-0.2, -0.15) is 0 Å². The molecule has 0 aliphatic carbocycles. The van der Waals surface area contributed by atoms with Gasteiger partial charge in [0.2, 0.25) is 0 Å². The molecule has 0 bridgehead atoms. The summed E-state index contributed by atoms with van der Waals surface area (Å²) in [5.41, 5.74) is 1.36. The van der Waals surface area contributed by atoms with Crippen LogP contribution >= 0.6 is 0 Å². The minimum Gasteiger partial charge on any atom is -0.508 e. The van der Waals surface area contributed by atoms with Gasteiger partial charge in [-0.05, 0) is 54.1 Å². The monoisotopic (exact) mass is 700 g/mol. The molecule has 9 N–H and O–H groups in total. The largest absolute Gasteiger partial charge is 0.508 e. The Bertz CT molecular complexity index is 2070. The lowest BCUT2D eigenvalue weighted by atomic mass is 9.93. The van der Waals surface area contributed by atoms with Crippen molar-refractivity contribution in [3.05, 3.63) is 113 Å². The number of hydrogen-bond donors (Lipinski definition) is 9. The Morgan fingerprint density at radius 2 is 1.35 bits per heavy atom. The van der Waals surface area contributed by atoms with Crippen LogP contribution in [-0.2, 0) is 17.6 Å². The zero-order valence-corrected chi connectivity index (χ0v) is 26.7. The molecule has 14 heteroatoms. The number of ketones is 1. The van der Waals surface area contributed by atoms with Crippen LogP contribution in [-0.4, -0.2) is 70.9 Å². The van der Waals surface area contributed by atoms with Gasteiger partial charge in [-0.15, -0.1) is 0 Å². The van der Waals surface area contributed by atoms with E-state index < -0.39 is 41.2 Å². The molecule has 0 saturated carbocycles. The van der Waals surface area contributed by atoms with E-state index >= 15 is 0 Å². The molecular weight excluding hydrogens is 668 g/mol. The van der Waals surface area contributed by atoms with E-state index in [2.05, 4.69) is 0 Å². The van der Waals surface area contributed by atoms with Crippen molar-refractivity contribution in [1.82, 2.24) is 0 Å². The molecule has 5 aromatic rings. The van der Waals surface area contributed by atoms with Crippen LogP contribution in [0.2, 0.25) is 0 Å². The summed E-state index contributed by atoms with van der Waals surface area (Å²) in [6, 6.07) is 19.2. The molecule has 5 aromatic carbocycles. The number of aromatic hydroxyl groups is 9. The molecule has 51 heavy (non-hydrogen) atoms. The first kappa shape index (κ1) is 35.3. The third-order valence-electron chi connectivity index (χ3n) is 7.86. The zero-order valence-electron chi connectivity index (χ0n) is 26.7. The van der Waals surface area contributed by atoms with Crippen molar-refractivity contribution in [3.63, 3.8) is 0 Å². The number of ether oxygens (including phenoxy) is 3. The van der Waals surface area contributed by atoms with E-state index in [0.717, 1.165) is 35.6 Å². The van der Waals surface area contributed by atoms with E-state index in [1.54, 1.807) is 31.4 Å². The molecule has 0 aromatic heterocycles. The number of carbonyl (C=O) groups excluding carboxylic acids is 2. The Hall–Kier alpha value is -6.96. The van der Waals surface area contributed by atoms with Gasteiger partial charge in [0.1, 0.15) is 40.6 Å². The number of carbonyl (C=O) groups is 2. The van der Waals surface area contributed by atoms with Crippen LogP contribution in [0.1, 0.15) is 43.5 Å². The second-order valence-corrected chi connectivity index (χ2v) is 11.4. The molecule has 0 saturated heterocycles. The minimum atomic E-state index is -1.06. The molecule has 14 nitrogen and oxygen atoms in total. The Morgan fingerprint density at radius 1 is 0.686 bits per heavy atom. The minimum absolute atomic E-state index is 0.0461. The highest BCUT2D eigenvalue weighted by Gasteiger charge is 2.37. The van der Waals surface area contributed by atoms with Crippen molar-refractivity contribution < 1.29 is 69.8 Å². The number of phenolic OH excluding ortho intramolecular Hbond substituents is 9. The van der Waals surface area contributed by atoms with Gasteiger partial charge in [-0.3, -0.25) is 4.79 Å². The summed E-state index contributed by atoms with van der Waals surface area (Å²) in [4.78, 5) is 24.7. The summed E-state index contributed by atoms with van der Waals surface area (Å²) in [7, 11) is 1.58. The Kier molecular flexibility index (Phi) is 10.2. The molecule has 2 atom stereocenters. The average Bonchev–Trinajstić information content (AvgIpc) is 3.08. The van der Waals surface area contributed by atoms with Crippen molar-refractivity contribution in [2.45, 2.75) is 25.0 Å². The summed E-state index contributed by atoms with van der Waals surface area (Å²) in [5, 5.41) is 87.0. The van der Waals surface area contributed by atoms with Gasteiger partial charge < -0.3 is 60.2 Å². The first-order valence-corrected chi connectivity index (χ1v) is 15.1. The Balaban J connectivity index is 0.000000226. The highest BCUT2D eigenvalue weighted by molar-refractivity contribution is 6.00. The van der Waals surface area contributed by atoms with Crippen LogP contribution in [0.25, 0.3) is 0 Å². The molecule has 0 spiro atoms. The first-order valence-electron chi connectivity index (χ1n) is 15.1. The highest BCUT2D eigenvalue weighted by Crippen LogP contribution is 2.44. The predicted octanol–water partition coefficient (Wildman–Crippen LogP) is 5.06. The third-order valence-corrected chi connectivity index (χ3v) is 7.86. The molecule has 2 unspecified atom stereocenters. The third kappa shape index (κ3) is 8.03. The van der Waals surface area contributed by atoms with Crippen LogP contribution in [0.4, 0.5) is 0 Å². The van der Waals surface area contributed by atoms with E-state index in [-0.39, 0.29) is 69.8 Å². The number of methoxy groups -OCH3 is 1. The number of hydrogen-bond acceptors (Lipinski definition) is 14. The second kappa shape index (κ2) is 14.7. The molecule has 0 radical (unpaired) electrons. The topological polar surface area (TPSA) is 244 Å². The normalized spacial score (nSPS) is 14.6. The predicted molar refractivity (Wildman–Crippen MR) is 178 cm³/mol. The van der Waals surface area contributed by atoms with Gasteiger partial charge in [0.05, 0.1) is 18.2 Å². The summed E-state index contributed by atoms with van der Waals surface area (Å²) >= 11 is 0. The van der Waals surface area contributed by atoms with E-state index in [0.29, 0.717) is 5.56 Å². The highest BCUT2D eigenvalue weighted by atomic mass is 16.6. The van der Waals surface area contributed by atoms with Crippen LogP contribution in [0.5, 0.6) is 63.2 Å². The SMILES string of the molecule is COc1ccc(CC(=O)c2ccc(O)cc2O)cc1.O=C(OC1Cc2c(O)cc(O)cc2OC1c1ccc(O)c(O)c1)c1cc(O)c(O)c(O)c1. The Morgan fingerprint density at radius 3 is 1.98 bits per heavy atom. The standard InChI is InChI=1S/C22H18O10.C15H14O4/c23-11-6-14(25)12-8-19(32-22(30)10-4-16(27)20(29)17(28)5-10)21(31-18(12)7-11)9-1-2-13(24)15(26)3-9;1-19-12-5-2-10(3-6-12)8-14(17)13-7-4-11(16)9-15(13)18/h1-7,19,21,23-29H,8H2;2-7,9,16,18H,8H2,1H3. The summed E-state index contributed by atoms with van der Waals surface area (Å²) in [6.45, 7) is 0. The fraction of sp³-hybridized carbons (Fsp3) is 0.135. The van der Waals surface area contributed by atoms with E-state index in [1.807, 2.05) is 0 Å². The maximum Gasteiger partial charge on any atom is 0.338 e. The van der Waals surface area contributed by atoms with Crippen LogP contribution in [0.15, 0.2) is 84.9 Å². The smallest absolute Gasteiger partial charge is 0.338 e. The van der Waals surface area contributed by atoms with Gasteiger partial charge in [-0.1, -0.05) is 18.2 Å². The fourth-order valence-corrected chi connectivity index (χ4v) is 5.26. The van der Waals surface area contributed by atoms with Crippen molar-refractivity contribution in [1.29, 1.82) is 0 Å². The average molecular weight is 701 g/mol. The molecule has 1 heterocycles. The van der Waals surface area contributed by atoms with Crippen molar-refractivity contribution in [3.8, 4) is 63.2 Å². The van der Waals surface area contributed by atoms with Crippen LogP contribution in [0.3, 0.4) is 0 Å². The number of phenols is 9. The number of rotatable bonds is 7. The van der Waals surface area contributed by atoms with Gasteiger partial charge in [-0.25, -0.2) is 4.79 Å². The van der Waals surface area contributed by atoms with Gasteiger partial charge in [0.25, 0.3) is 0 Å². The first-order chi connectivity index (χ1) is 24.2. The lowest BCUT2D eigenvalue weighted by Crippen LogP contribution is -2.34. The molecular formula is C37H32O14. The second-order valence-electron chi connectivity index (χ2n) is 11.4. The molecule has 6 rings (SSSR count). The van der Waals surface area contributed by atoms with E-state index in [4.69, 9.17) is 14.2 Å². The van der Waals surface area contributed by atoms with E-state index in [1.165, 1.54) is 36.4 Å². The lowest BCUT2D eigenvalue weighted by molar-refractivity contribution is -0.0189. The molecule has 1 aliphatic heterocycles. The fourth-order valence-electron chi connectivity index (χ4n) is 5.26. The number of Topliss-reactive ketones (excluding diaryl/α,β-unsaturated/α-hetero) is 1. The summed E-state index contributed by atoms with van der Waals surface area (Å²) in [5.74, 6) is -4.19. The Labute approximate surface area is 289 Å². The summed E-state index contributed by atoms with van der Waals surface area (Å²) in [6.07, 6.45) is -1.94. The maximum atomic E-state index is 12.7. The van der Waals surface area contributed by atoms with Gasteiger partial charge in [0, 0.05) is 42.2 Å². The molecule has 0 fully saturated rings. The maximum absolute atomic E-state index is 12.7. The summed E-state index contributed by atoms with van der Waals surface area (Å²) < 4.78 is 16.4. The van der Waals surface area contributed by atoms with Crippen molar-refractivity contribution >= 4 is 11.8 Å². The number of esters is 1. The van der Waals surface area contributed by atoms with E-state index in [9.17, 15) is 55.5 Å². The van der Waals surface area contributed by atoms with Gasteiger partial charge >= 0.3 is 5.97 Å². The molecule has 0 amide bonds. The number of benzene rings is 5. The zero-order chi connectivity index (χ0) is 37.0. The van der Waals surface area contributed by atoms with Crippen molar-refractivity contribution in [2.24, 2.45) is 0 Å². The van der Waals surface area contributed by atoms with Crippen LogP contribution < -0.4 is 9.47 Å².